The van der Waals surface area contributed by atoms with E-state index in [1.807, 2.05) is 18.2 Å². The third-order valence-corrected chi connectivity index (χ3v) is 3.91. The maximum atomic E-state index is 11.6. The highest BCUT2D eigenvalue weighted by Crippen LogP contribution is 2.29. The molecule has 0 aliphatic carbocycles. The van der Waals surface area contributed by atoms with E-state index in [4.69, 9.17) is 15.2 Å². The molecule has 8 nitrogen and oxygen atoms in total. The van der Waals surface area contributed by atoms with Gasteiger partial charge in [0.1, 0.15) is 22.0 Å². The summed E-state index contributed by atoms with van der Waals surface area (Å²) in [5.41, 5.74) is 6.56. The summed E-state index contributed by atoms with van der Waals surface area (Å²) in [6, 6.07) is 0. The smallest absolute Gasteiger partial charge is 0.409 e. The van der Waals surface area contributed by atoms with Gasteiger partial charge in [-0.05, 0) is 15.9 Å². The molecule has 0 spiro atoms. The van der Waals surface area contributed by atoms with Crippen molar-refractivity contribution in [2.75, 3.05) is 32.5 Å². The number of fused-ring (bicyclic) bond motifs is 1. The lowest BCUT2D eigenvalue weighted by molar-refractivity contribution is -0.0301. The van der Waals surface area contributed by atoms with Gasteiger partial charge >= 0.3 is 6.09 Å². The van der Waals surface area contributed by atoms with Crippen molar-refractivity contribution in [1.82, 2.24) is 19.3 Å². The molecule has 0 radical (unpaired) electrons. The minimum Gasteiger partial charge on any atom is -0.453 e. The number of anilines is 1. The zero-order chi connectivity index (χ0) is 17.0. The van der Waals surface area contributed by atoms with E-state index in [9.17, 15) is 4.79 Å². The van der Waals surface area contributed by atoms with Gasteiger partial charge in [0, 0.05) is 18.9 Å². The molecule has 0 bridgehead atoms. The van der Waals surface area contributed by atoms with Gasteiger partial charge in [-0.25, -0.2) is 14.8 Å². The molecule has 2 aromatic heterocycles. The Morgan fingerprint density at radius 1 is 1.52 bits per heavy atom. The molecule has 1 saturated heterocycles. The summed E-state index contributed by atoms with van der Waals surface area (Å²) >= 11 is 3.38. The van der Waals surface area contributed by atoms with Crippen molar-refractivity contribution in [2.24, 2.45) is 0 Å². The van der Waals surface area contributed by atoms with Crippen molar-refractivity contribution in [3.05, 3.63) is 22.8 Å². The summed E-state index contributed by atoms with van der Waals surface area (Å²) in [7, 11) is 1.36. The van der Waals surface area contributed by atoms with E-state index in [0.717, 1.165) is 0 Å². The molecule has 2 aromatic rings. The number of rotatable bonds is 1. The van der Waals surface area contributed by atoms with Gasteiger partial charge in [-0.15, -0.1) is 0 Å². The fourth-order valence-electron chi connectivity index (χ4n) is 2.37. The van der Waals surface area contributed by atoms with Gasteiger partial charge in [0.05, 0.1) is 20.3 Å². The Morgan fingerprint density at radius 3 is 2.96 bits per heavy atom. The number of hydrogen-bond acceptors (Lipinski definition) is 6. The molecule has 2 N–H and O–H groups in total. The summed E-state index contributed by atoms with van der Waals surface area (Å²) in [6.45, 7) is 5.30. The molecule has 1 aliphatic rings. The predicted octanol–water partition coefficient (Wildman–Crippen LogP) is 2.24. The first kappa shape index (κ1) is 17.5. The van der Waals surface area contributed by atoms with E-state index in [2.05, 4.69) is 25.9 Å². The molecule has 0 aromatic carbocycles. The van der Waals surface area contributed by atoms with E-state index >= 15 is 0 Å². The van der Waals surface area contributed by atoms with Crippen LogP contribution in [0.15, 0.2) is 17.0 Å². The van der Waals surface area contributed by atoms with Crippen molar-refractivity contribution >= 4 is 33.4 Å². The van der Waals surface area contributed by atoms with E-state index in [1.54, 1.807) is 17.3 Å². The highest BCUT2D eigenvalue weighted by atomic mass is 79.9. The largest absolute Gasteiger partial charge is 0.453 e. The Labute approximate surface area is 142 Å². The summed E-state index contributed by atoms with van der Waals surface area (Å²) < 4.78 is 12.9. The third kappa shape index (κ3) is 3.40. The van der Waals surface area contributed by atoms with Gasteiger partial charge < -0.3 is 20.1 Å². The number of carbonyl (C=O) groups excluding carboxylic acids is 1. The number of carbonyl (C=O) groups is 1. The zero-order valence-corrected chi connectivity index (χ0v) is 14.9. The van der Waals surface area contributed by atoms with Gasteiger partial charge in [-0.3, -0.25) is 4.40 Å². The lowest BCUT2D eigenvalue weighted by Gasteiger charge is -2.31. The van der Waals surface area contributed by atoms with Crippen molar-refractivity contribution in [3.8, 4) is 0 Å². The lowest BCUT2D eigenvalue weighted by atomic mass is 10.2. The monoisotopic (exact) mass is 385 g/mol. The molecule has 126 valence electrons. The van der Waals surface area contributed by atoms with Gasteiger partial charge in [0.25, 0.3) is 0 Å². The first-order valence-corrected chi connectivity index (χ1v) is 8.13. The summed E-state index contributed by atoms with van der Waals surface area (Å²) in [6.07, 6.45) is 2.64. The van der Waals surface area contributed by atoms with E-state index in [-0.39, 0.29) is 12.2 Å². The second kappa shape index (κ2) is 7.60. The standard InChI is InChI=1S/C12H14BrN5O3.C2H6/c1-20-12(19)17-4-5-21-7(6-17)11-16-9(13)8-10(14)15-2-3-18(8)11;1-2/h2-3,7H,4-6H2,1H3,(H2,14,15);1-2H3. The topological polar surface area (TPSA) is 95.0 Å². The minimum absolute atomic E-state index is 0.349. The van der Waals surface area contributed by atoms with Crippen LogP contribution < -0.4 is 5.73 Å². The zero-order valence-electron chi connectivity index (χ0n) is 13.3. The first-order chi connectivity index (χ1) is 11.1. The number of aromatic nitrogens is 3. The number of nitrogen functional groups attached to an aromatic ring is 1. The fraction of sp³-hybridized carbons (Fsp3) is 0.500. The van der Waals surface area contributed by atoms with Gasteiger partial charge in [-0.1, -0.05) is 13.8 Å². The fourth-order valence-corrected chi connectivity index (χ4v) is 2.95. The molecule has 23 heavy (non-hydrogen) atoms. The van der Waals surface area contributed by atoms with Crippen molar-refractivity contribution < 1.29 is 14.3 Å². The number of methoxy groups -OCH3 is 1. The predicted molar refractivity (Wildman–Crippen MR) is 89.1 cm³/mol. The number of halogens is 1. The van der Waals surface area contributed by atoms with Gasteiger partial charge in [0.15, 0.2) is 5.82 Å². The maximum absolute atomic E-state index is 11.6. The Kier molecular flexibility index (Phi) is 5.78. The van der Waals surface area contributed by atoms with Crippen LogP contribution >= 0.6 is 15.9 Å². The number of amides is 1. The molecule has 1 atom stereocenters. The van der Waals surface area contributed by atoms with Crippen LogP contribution in [0.25, 0.3) is 5.52 Å². The summed E-state index contributed by atoms with van der Waals surface area (Å²) in [5.74, 6) is 1.04. The Morgan fingerprint density at radius 2 is 2.26 bits per heavy atom. The van der Waals surface area contributed by atoms with Crippen molar-refractivity contribution in [1.29, 1.82) is 0 Å². The number of nitrogens with zero attached hydrogens (tertiary/aromatic N) is 4. The number of imidazole rings is 1. The number of hydrogen-bond donors (Lipinski definition) is 1. The highest BCUT2D eigenvalue weighted by molar-refractivity contribution is 9.10. The third-order valence-electron chi connectivity index (χ3n) is 3.36. The second-order valence-electron chi connectivity index (χ2n) is 4.57. The average molecular weight is 386 g/mol. The molecule has 3 rings (SSSR count). The SMILES string of the molecule is CC.COC(=O)N1CCOC(c2nc(Br)c3c(N)nccn23)C1. The average Bonchev–Trinajstić information content (AvgIpc) is 2.94. The van der Waals surface area contributed by atoms with Gasteiger partial charge in [0.2, 0.25) is 0 Å². The maximum Gasteiger partial charge on any atom is 0.409 e. The highest BCUT2D eigenvalue weighted by Gasteiger charge is 2.29. The van der Waals surface area contributed by atoms with Crippen LogP contribution in [0.2, 0.25) is 0 Å². The Balaban J connectivity index is 0.000000924. The van der Waals surface area contributed by atoms with Crippen LogP contribution in [0.5, 0.6) is 0 Å². The van der Waals surface area contributed by atoms with Crippen molar-refractivity contribution in [2.45, 2.75) is 20.0 Å². The molecular weight excluding hydrogens is 366 g/mol. The Bertz CT molecular complexity index is 690. The molecule has 1 amide bonds. The first-order valence-electron chi connectivity index (χ1n) is 7.34. The molecular formula is C14H20BrN5O3. The molecule has 1 aliphatic heterocycles. The van der Waals surface area contributed by atoms with Crippen molar-refractivity contribution in [3.63, 3.8) is 0 Å². The summed E-state index contributed by atoms with van der Waals surface area (Å²) in [4.78, 5) is 21.7. The van der Waals surface area contributed by atoms with E-state index in [1.165, 1.54) is 7.11 Å². The van der Waals surface area contributed by atoms with Crippen LogP contribution in [0.4, 0.5) is 10.6 Å². The molecule has 9 heteroatoms. The van der Waals surface area contributed by atoms with Crippen LogP contribution in [0.1, 0.15) is 25.8 Å². The van der Waals surface area contributed by atoms with Crippen LogP contribution in [0, 0.1) is 0 Å². The number of morpholine rings is 1. The van der Waals surface area contributed by atoms with Gasteiger partial charge in [-0.2, -0.15) is 0 Å². The summed E-state index contributed by atoms with van der Waals surface area (Å²) in [5, 5.41) is 0. The van der Waals surface area contributed by atoms with Crippen LogP contribution in [0.3, 0.4) is 0 Å². The molecule has 1 fully saturated rings. The van der Waals surface area contributed by atoms with Crippen LogP contribution in [-0.2, 0) is 9.47 Å². The second-order valence-corrected chi connectivity index (χ2v) is 5.32. The normalized spacial score (nSPS) is 17.6. The quantitative estimate of drug-likeness (QED) is 0.808. The Hall–Kier alpha value is -1.87. The molecule has 0 saturated carbocycles. The molecule has 1 unspecified atom stereocenters. The minimum atomic E-state index is -0.371. The van der Waals surface area contributed by atoms with E-state index < -0.39 is 0 Å². The van der Waals surface area contributed by atoms with E-state index in [0.29, 0.717) is 41.5 Å². The lowest BCUT2D eigenvalue weighted by Crippen LogP contribution is -2.42. The van der Waals surface area contributed by atoms with Crippen LogP contribution in [-0.4, -0.2) is 52.2 Å². The number of ether oxygens (including phenoxy) is 2. The number of nitrogens with two attached hydrogens (primary N) is 1. The molecule has 3 heterocycles.